The number of furan rings is 1. The van der Waals surface area contributed by atoms with Gasteiger partial charge in [0.15, 0.2) is 0 Å². The van der Waals surface area contributed by atoms with Gasteiger partial charge in [-0.3, -0.25) is 14.9 Å². The molecule has 1 heterocycles. The van der Waals surface area contributed by atoms with E-state index in [2.05, 4.69) is 5.32 Å². The molecule has 0 atom stereocenters. The Labute approximate surface area is 114 Å². The number of aryl methyl sites for hydroxylation is 1. The Bertz CT molecular complexity index is 660. The monoisotopic (exact) mass is 272 g/mol. The van der Waals surface area contributed by atoms with Crippen LogP contribution in [0, 0.1) is 17.0 Å². The third-order valence-electron chi connectivity index (χ3n) is 2.62. The minimum absolute atomic E-state index is 0.00775. The van der Waals surface area contributed by atoms with Crippen LogP contribution in [0.5, 0.6) is 0 Å². The maximum atomic E-state index is 11.7. The first kappa shape index (κ1) is 13.5. The first-order chi connectivity index (χ1) is 9.56. The fourth-order valence-corrected chi connectivity index (χ4v) is 1.62. The second-order valence-electron chi connectivity index (χ2n) is 4.09. The molecule has 1 aromatic heterocycles. The van der Waals surface area contributed by atoms with Gasteiger partial charge in [-0.1, -0.05) is 0 Å². The van der Waals surface area contributed by atoms with Crippen LogP contribution in [0.2, 0.25) is 0 Å². The summed E-state index contributed by atoms with van der Waals surface area (Å²) in [5.41, 5.74) is 1.15. The molecule has 0 aliphatic rings. The van der Waals surface area contributed by atoms with Crippen LogP contribution in [-0.4, -0.2) is 10.8 Å². The van der Waals surface area contributed by atoms with Crippen LogP contribution in [0.3, 0.4) is 0 Å². The molecule has 1 amide bonds. The van der Waals surface area contributed by atoms with Crippen molar-refractivity contribution in [3.05, 3.63) is 64.1 Å². The van der Waals surface area contributed by atoms with Crippen molar-refractivity contribution in [3.8, 4) is 0 Å². The first-order valence-electron chi connectivity index (χ1n) is 5.84. The zero-order valence-corrected chi connectivity index (χ0v) is 10.7. The molecule has 0 radical (unpaired) electrons. The molecular formula is C14H12N2O4. The van der Waals surface area contributed by atoms with E-state index in [0.29, 0.717) is 17.0 Å². The molecule has 0 aliphatic heterocycles. The number of hydrogen-bond donors (Lipinski definition) is 1. The number of rotatable bonds is 4. The SMILES string of the molecule is Cc1cc([N+](=O)[O-])ccc1NC(=O)C=Cc1ccco1. The molecule has 2 rings (SSSR count). The van der Waals surface area contributed by atoms with Crippen molar-refractivity contribution in [2.45, 2.75) is 6.92 Å². The highest BCUT2D eigenvalue weighted by molar-refractivity contribution is 6.02. The molecular weight excluding hydrogens is 260 g/mol. The van der Waals surface area contributed by atoms with Crippen LogP contribution in [0.25, 0.3) is 6.08 Å². The molecule has 1 N–H and O–H groups in total. The molecule has 102 valence electrons. The standard InChI is InChI=1S/C14H12N2O4/c1-10-9-11(16(18)19)4-6-13(10)15-14(17)7-5-12-3-2-8-20-12/h2-9H,1H3,(H,15,17). The average molecular weight is 272 g/mol. The first-order valence-corrected chi connectivity index (χ1v) is 5.84. The number of amides is 1. The number of carbonyl (C=O) groups excluding carboxylic acids is 1. The van der Waals surface area contributed by atoms with Gasteiger partial charge in [-0.15, -0.1) is 0 Å². The van der Waals surface area contributed by atoms with E-state index in [0.717, 1.165) is 0 Å². The van der Waals surface area contributed by atoms with Crippen LogP contribution in [0.1, 0.15) is 11.3 Å². The minimum Gasteiger partial charge on any atom is -0.465 e. The van der Waals surface area contributed by atoms with Gasteiger partial charge in [-0.05, 0) is 36.8 Å². The van der Waals surface area contributed by atoms with E-state index in [-0.39, 0.29) is 11.6 Å². The minimum atomic E-state index is -0.477. The molecule has 0 unspecified atom stereocenters. The number of nitro groups is 1. The van der Waals surface area contributed by atoms with Crippen LogP contribution in [-0.2, 0) is 4.79 Å². The smallest absolute Gasteiger partial charge is 0.269 e. The van der Waals surface area contributed by atoms with Gasteiger partial charge in [-0.2, -0.15) is 0 Å². The van der Waals surface area contributed by atoms with E-state index in [1.807, 2.05) is 0 Å². The third kappa shape index (κ3) is 3.32. The van der Waals surface area contributed by atoms with E-state index < -0.39 is 4.92 Å². The van der Waals surface area contributed by atoms with E-state index in [9.17, 15) is 14.9 Å². The Morgan fingerprint density at radius 3 is 2.80 bits per heavy atom. The Hall–Kier alpha value is -2.89. The highest BCUT2D eigenvalue weighted by atomic mass is 16.6. The fraction of sp³-hybridized carbons (Fsp3) is 0.0714. The van der Waals surface area contributed by atoms with E-state index in [1.165, 1.54) is 36.6 Å². The summed E-state index contributed by atoms with van der Waals surface area (Å²) < 4.78 is 5.06. The largest absolute Gasteiger partial charge is 0.465 e. The molecule has 0 aliphatic carbocycles. The molecule has 0 fully saturated rings. The highest BCUT2D eigenvalue weighted by Gasteiger charge is 2.09. The second-order valence-corrected chi connectivity index (χ2v) is 4.09. The van der Waals surface area contributed by atoms with Crippen molar-refractivity contribution < 1.29 is 14.1 Å². The van der Waals surface area contributed by atoms with Gasteiger partial charge in [-0.25, -0.2) is 0 Å². The highest BCUT2D eigenvalue weighted by Crippen LogP contribution is 2.21. The summed E-state index contributed by atoms with van der Waals surface area (Å²) in [4.78, 5) is 21.8. The molecule has 0 saturated carbocycles. The Balaban J connectivity index is 2.06. The number of hydrogen-bond acceptors (Lipinski definition) is 4. The van der Waals surface area contributed by atoms with Gasteiger partial charge in [0.25, 0.3) is 5.69 Å². The number of nitro benzene ring substituents is 1. The third-order valence-corrected chi connectivity index (χ3v) is 2.62. The summed E-state index contributed by atoms with van der Waals surface area (Å²) in [6.45, 7) is 1.69. The van der Waals surface area contributed by atoms with Crippen LogP contribution < -0.4 is 5.32 Å². The summed E-state index contributed by atoms with van der Waals surface area (Å²) in [6, 6.07) is 7.70. The number of nitrogens with one attached hydrogen (secondary N) is 1. The summed E-state index contributed by atoms with van der Waals surface area (Å²) in [5.74, 6) is 0.235. The summed E-state index contributed by atoms with van der Waals surface area (Å²) >= 11 is 0. The van der Waals surface area contributed by atoms with Crippen molar-refractivity contribution in [1.82, 2.24) is 0 Å². The molecule has 0 saturated heterocycles. The number of carbonyl (C=O) groups is 1. The van der Waals surface area contributed by atoms with Crippen LogP contribution >= 0.6 is 0 Å². The van der Waals surface area contributed by atoms with Gasteiger partial charge < -0.3 is 9.73 Å². The average Bonchev–Trinajstić information content (AvgIpc) is 2.91. The summed E-state index contributed by atoms with van der Waals surface area (Å²) in [5, 5.41) is 13.3. The predicted octanol–water partition coefficient (Wildman–Crippen LogP) is 3.15. The van der Waals surface area contributed by atoms with Crippen molar-refractivity contribution in [3.63, 3.8) is 0 Å². The Morgan fingerprint density at radius 1 is 1.40 bits per heavy atom. The van der Waals surface area contributed by atoms with E-state index >= 15 is 0 Å². The number of benzene rings is 1. The molecule has 0 spiro atoms. The molecule has 6 nitrogen and oxygen atoms in total. The van der Waals surface area contributed by atoms with Gasteiger partial charge >= 0.3 is 0 Å². The molecule has 6 heteroatoms. The lowest BCUT2D eigenvalue weighted by Crippen LogP contribution is -2.09. The van der Waals surface area contributed by atoms with Crippen LogP contribution in [0.15, 0.2) is 47.1 Å². The van der Waals surface area contributed by atoms with Crippen molar-refractivity contribution in [2.24, 2.45) is 0 Å². The van der Waals surface area contributed by atoms with E-state index in [4.69, 9.17) is 4.42 Å². The maximum Gasteiger partial charge on any atom is 0.269 e. The zero-order chi connectivity index (χ0) is 14.5. The molecule has 1 aromatic carbocycles. The topological polar surface area (TPSA) is 85.4 Å². The Kier molecular flexibility index (Phi) is 3.95. The maximum absolute atomic E-state index is 11.7. The lowest BCUT2D eigenvalue weighted by molar-refractivity contribution is -0.384. The van der Waals surface area contributed by atoms with E-state index in [1.54, 1.807) is 19.1 Å². The lowest BCUT2D eigenvalue weighted by Gasteiger charge is -2.05. The van der Waals surface area contributed by atoms with Crippen molar-refractivity contribution in [2.75, 3.05) is 5.32 Å². The van der Waals surface area contributed by atoms with Crippen molar-refractivity contribution in [1.29, 1.82) is 0 Å². The van der Waals surface area contributed by atoms with Crippen LogP contribution in [0.4, 0.5) is 11.4 Å². The summed E-state index contributed by atoms with van der Waals surface area (Å²) in [6.07, 6.45) is 4.38. The second kappa shape index (κ2) is 5.83. The number of non-ortho nitro benzene ring substituents is 1. The van der Waals surface area contributed by atoms with Gasteiger partial charge in [0.2, 0.25) is 5.91 Å². The molecule has 0 bridgehead atoms. The molecule has 2 aromatic rings. The summed E-state index contributed by atoms with van der Waals surface area (Å²) in [7, 11) is 0. The zero-order valence-electron chi connectivity index (χ0n) is 10.7. The van der Waals surface area contributed by atoms with Gasteiger partial charge in [0.1, 0.15) is 5.76 Å². The van der Waals surface area contributed by atoms with Gasteiger partial charge in [0.05, 0.1) is 11.2 Å². The number of anilines is 1. The number of nitrogens with zero attached hydrogens (tertiary/aromatic N) is 1. The molecule has 20 heavy (non-hydrogen) atoms. The van der Waals surface area contributed by atoms with Crippen molar-refractivity contribution >= 4 is 23.4 Å². The Morgan fingerprint density at radius 2 is 2.20 bits per heavy atom. The van der Waals surface area contributed by atoms with Gasteiger partial charge in [0, 0.05) is 23.9 Å². The normalized spacial score (nSPS) is 10.7. The lowest BCUT2D eigenvalue weighted by atomic mass is 10.2. The predicted molar refractivity (Wildman–Crippen MR) is 74.2 cm³/mol. The fourth-order valence-electron chi connectivity index (χ4n) is 1.62. The quantitative estimate of drug-likeness (QED) is 0.526.